The number of imidazole rings is 1. The molecule has 0 spiro atoms. The number of aromatic nitrogens is 2. The molecule has 0 aliphatic heterocycles. The predicted octanol–water partition coefficient (Wildman–Crippen LogP) is 1.71. The van der Waals surface area contributed by atoms with Gasteiger partial charge in [0.2, 0.25) is 5.95 Å². The van der Waals surface area contributed by atoms with Crippen LogP contribution in [0.3, 0.4) is 0 Å². The molecule has 1 fully saturated rings. The standard InChI is InChI=1S/C12H15FN4/c13-8-1-4-11-10(7-8)16-12(15-9-2-3-9)17(11)6-5-14/h1,4,7,9H,2-3,5-6,14H2,(H,15,16). The molecule has 2 aromatic rings. The Bertz CT molecular complexity index is 545. The summed E-state index contributed by atoms with van der Waals surface area (Å²) in [5.74, 6) is 0.548. The average Bonchev–Trinajstić information content (AvgIpc) is 3.04. The normalized spacial score (nSPS) is 15.4. The molecular formula is C12H15FN4. The van der Waals surface area contributed by atoms with Gasteiger partial charge in [0.25, 0.3) is 0 Å². The van der Waals surface area contributed by atoms with Crippen molar-refractivity contribution in [1.29, 1.82) is 0 Å². The second-order valence-corrected chi connectivity index (χ2v) is 4.43. The molecule has 0 radical (unpaired) electrons. The molecule has 1 saturated carbocycles. The third-order valence-electron chi connectivity index (χ3n) is 2.97. The lowest BCUT2D eigenvalue weighted by Gasteiger charge is -2.08. The minimum atomic E-state index is -0.257. The molecule has 1 aromatic heterocycles. The first-order chi connectivity index (χ1) is 8.28. The second kappa shape index (κ2) is 4.00. The molecule has 3 rings (SSSR count). The summed E-state index contributed by atoms with van der Waals surface area (Å²) in [5, 5.41) is 3.35. The van der Waals surface area contributed by atoms with E-state index in [1.54, 1.807) is 6.07 Å². The van der Waals surface area contributed by atoms with Gasteiger partial charge in [-0.1, -0.05) is 0 Å². The Kier molecular flexibility index (Phi) is 2.48. The highest BCUT2D eigenvalue weighted by molar-refractivity contribution is 5.78. The summed E-state index contributed by atoms with van der Waals surface area (Å²) in [6.45, 7) is 1.24. The van der Waals surface area contributed by atoms with Gasteiger partial charge in [0, 0.05) is 25.2 Å². The highest BCUT2D eigenvalue weighted by Crippen LogP contribution is 2.27. The fraction of sp³-hybridized carbons (Fsp3) is 0.417. The Morgan fingerprint density at radius 1 is 1.47 bits per heavy atom. The van der Waals surface area contributed by atoms with Crippen LogP contribution in [-0.2, 0) is 6.54 Å². The number of rotatable bonds is 4. The molecule has 5 heteroatoms. The van der Waals surface area contributed by atoms with Gasteiger partial charge in [-0.15, -0.1) is 0 Å². The van der Waals surface area contributed by atoms with Gasteiger partial charge in [-0.25, -0.2) is 9.37 Å². The minimum Gasteiger partial charge on any atom is -0.353 e. The topological polar surface area (TPSA) is 55.9 Å². The number of hydrogen-bond donors (Lipinski definition) is 2. The first-order valence-electron chi connectivity index (χ1n) is 5.90. The highest BCUT2D eigenvalue weighted by Gasteiger charge is 2.23. The van der Waals surface area contributed by atoms with E-state index in [2.05, 4.69) is 10.3 Å². The third kappa shape index (κ3) is 1.98. The Balaban J connectivity index is 2.07. The van der Waals surface area contributed by atoms with Gasteiger partial charge < -0.3 is 15.6 Å². The number of halogens is 1. The summed E-state index contributed by atoms with van der Waals surface area (Å²) in [7, 11) is 0. The number of anilines is 1. The molecule has 1 aliphatic rings. The maximum absolute atomic E-state index is 13.1. The lowest BCUT2D eigenvalue weighted by Crippen LogP contribution is -2.14. The summed E-state index contributed by atoms with van der Waals surface area (Å²) < 4.78 is 15.2. The van der Waals surface area contributed by atoms with Gasteiger partial charge in [0.15, 0.2) is 0 Å². The lowest BCUT2D eigenvalue weighted by atomic mass is 10.3. The zero-order valence-corrected chi connectivity index (χ0v) is 9.49. The smallest absolute Gasteiger partial charge is 0.204 e. The Labute approximate surface area is 98.6 Å². The molecule has 0 atom stereocenters. The van der Waals surface area contributed by atoms with E-state index in [0.29, 0.717) is 24.6 Å². The SMILES string of the molecule is NCCn1c(NC2CC2)nc2cc(F)ccc21. The van der Waals surface area contributed by atoms with Gasteiger partial charge in [-0.05, 0) is 25.0 Å². The fourth-order valence-corrected chi connectivity index (χ4v) is 1.98. The van der Waals surface area contributed by atoms with E-state index in [4.69, 9.17) is 5.73 Å². The van der Waals surface area contributed by atoms with Crippen LogP contribution >= 0.6 is 0 Å². The van der Waals surface area contributed by atoms with E-state index in [1.165, 1.54) is 25.0 Å². The van der Waals surface area contributed by atoms with Crippen LogP contribution in [0.2, 0.25) is 0 Å². The van der Waals surface area contributed by atoms with Crippen LogP contribution < -0.4 is 11.1 Å². The first-order valence-corrected chi connectivity index (χ1v) is 5.90. The summed E-state index contributed by atoms with van der Waals surface area (Å²) >= 11 is 0. The van der Waals surface area contributed by atoms with E-state index in [1.807, 2.05) is 4.57 Å². The molecule has 4 nitrogen and oxygen atoms in total. The third-order valence-corrected chi connectivity index (χ3v) is 2.97. The molecule has 0 amide bonds. The van der Waals surface area contributed by atoms with Crippen LogP contribution in [0, 0.1) is 5.82 Å². The number of nitrogens with one attached hydrogen (secondary N) is 1. The summed E-state index contributed by atoms with van der Waals surface area (Å²) in [5.41, 5.74) is 7.22. The van der Waals surface area contributed by atoms with Crippen molar-refractivity contribution in [3.8, 4) is 0 Å². The maximum atomic E-state index is 13.1. The number of nitrogens with two attached hydrogens (primary N) is 1. The Morgan fingerprint density at radius 2 is 2.29 bits per heavy atom. The van der Waals surface area contributed by atoms with Crippen LogP contribution in [0.5, 0.6) is 0 Å². The van der Waals surface area contributed by atoms with Crippen molar-refractivity contribution >= 4 is 17.0 Å². The molecule has 0 saturated heterocycles. The van der Waals surface area contributed by atoms with Crippen molar-refractivity contribution in [1.82, 2.24) is 9.55 Å². The molecule has 1 aromatic carbocycles. The zero-order chi connectivity index (χ0) is 11.8. The van der Waals surface area contributed by atoms with E-state index in [-0.39, 0.29) is 5.82 Å². The van der Waals surface area contributed by atoms with Gasteiger partial charge >= 0.3 is 0 Å². The molecule has 3 N–H and O–H groups in total. The molecule has 1 aliphatic carbocycles. The quantitative estimate of drug-likeness (QED) is 0.846. The molecule has 17 heavy (non-hydrogen) atoms. The van der Waals surface area contributed by atoms with Crippen molar-refractivity contribution < 1.29 is 4.39 Å². The first kappa shape index (κ1) is 10.5. The van der Waals surface area contributed by atoms with Gasteiger partial charge in [0.1, 0.15) is 5.82 Å². The van der Waals surface area contributed by atoms with E-state index in [9.17, 15) is 4.39 Å². The van der Waals surface area contributed by atoms with Crippen molar-refractivity contribution in [3.63, 3.8) is 0 Å². The zero-order valence-electron chi connectivity index (χ0n) is 9.49. The van der Waals surface area contributed by atoms with Crippen LogP contribution in [-0.4, -0.2) is 22.1 Å². The monoisotopic (exact) mass is 234 g/mol. The van der Waals surface area contributed by atoms with Gasteiger partial charge in [0.05, 0.1) is 11.0 Å². The molecule has 0 unspecified atom stereocenters. The van der Waals surface area contributed by atoms with Crippen LogP contribution in [0.15, 0.2) is 18.2 Å². The van der Waals surface area contributed by atoms with Gasteiger partial charge in [-0.3, -0.25) is 0 Å². The minimum absolute atomic E-state index is 0.257. The Hall–Kier alpha value is -1.62. The largest absolute Gasteiger partial charge is 0.353 e. The van der Waals surface area contributed by atoms with Crippen LogP contribution in [0.1, 0.15) is 12.8 Å². The number of benzene rings is 1. The van der Waals surface area contributed by atoms with Crippen molar-refractivity contribution in [3.05, 3.63) is 24.0 Å². The maximum Gasteiger partial charge on any atom is 0.204 e. The highest BCUT2D eigenvalue weighted by atomic mass is 19.1. The predicted molar refractivity (Wildman–Crippen MR) is 65.4 cm³/mol. The second-order valence-electron chi connectivity index (χ2n) is 4.43. The number of nitrogens with zero attached hydrogens (tertiary/aromatic N) is 2. The molecular weight excluding hydrogens is 219 g/mol. The van der Waals surface area contributed by atoms with Crippen molar-refractivity contribution in [2.75, 3.05) is 11.9 Å². The summed E-state index contributed by atoms with van der Waals surface area (Å²) in [6, 6.07) is 5.19. The molecule has 1 heterocycles. The molecule has 0 bridgehead atoms. The van der Waals surface area contributed by atoms with Crippen LogP contribution in [0.25, 0.3) is 11.0 Å². The van der Waals surface area contributed by atoms with Crippen LogP contribution in [0.4, 0.5) is 10.3 Å². The summed E-state index contributed by atoms with van der Waals surface area (Å²) in [6.07, 6.45) is 2.36. The van der Waals surface area contributed by atoms with E-state index >= 15 is 0 Å². The lowest BCUT2D eigenvalue weighted by molar-refractivity contribution is 0.629. The fourth-order valence-electron chi connectivity index (χ4n) is 1.98. The number of hydrogen-bond acceptors (Lipinski definition) is 3. The van der Waals surface area contributed by atoms with Gasteiger partial charge in [-0.2, -0.15) is 0 Å². The molecule has 90 valence electrons. The Morgan fingerprint density at radius 3 is 3.00 bits per heavy atom. The average molecular weight is 234 g/mol. The van der Waals surface area contributed by atoms with E-state index in [0.717, 1.165) is 11.5 Å². The summed E-state index contributed by atoms with van der Waals surface area (Å²) in [4.78, 5) is 4.43. The van der Waals surface area contributed by atoms with Crippen molar-refractivity contribution in [2.45, 2.75) is 25.4 Å². The number of fused-ring (bicyclic) bond motifs is 1. The van der Waals surface area contributed by atoms with E-state index < -0.39 is 0 Å². The van der Waals surface area contributed by atoms with Crippen molar-refractivity contribution in [2.24, 2.45) is 5.73 Å².